The van der Waals surface area contributed by atoms with Gasteiger partial charge in [0, 0.05) is 11.1 Å². The molecule has 0 aliphatic heterocycles. The van der Waals surface area contributed by atoms with Gasteiger partial charge in [-0.05, 0) is 67.3 Å². The van der Waals surface area contributed by atoms with E-state index in [1.54, 1.807) is 12.1 Å². The Balaban J connectivity index is 2.30. The predicted molar refractivity (Wildman–Crippen MR) is 88.3 cm³/mol. The quantitative estimate of drug-likeness (QED) is 0.767. The minimum atomic E-state index is -0.212. The Kier molecular flexibility index (Phi) is 5.38. The third-order valence-corrected chi connectivity index (χ3v) is 3.99. The zero-order valence-electron chi connectivity index (χ0n) is 12.7. The smallest absolute Gasteiger partial charge is 0.123 e. The Hall–Kier alpha value is -1.38. The van der Waals surface area contributed by atoms with Crippen LogP contribution in [0.4, 0.5) is 4.39 Å². The lowest BCUT2D eigenvalue weighted by atomic mass is 9.98. The number of benzene rings is 2. The third kappa shape index (κ3) is 3.84. The van der Waals surface area contributed by atoms with Crippen LogP contribution in [0.15, 0.2) is 36.4 Å². The molecule has 0 aliphatic carbocycles. The average molecular weight is 306 g/mol. The average Bonchev–Trinajstić information content (AvgIpc) is 2.44. The van der Waals surface area contributed by atoms with Crippen molar-refractivity contribution in [3.8, 4) is 11.1 Å². The van der Waals surface area contributed by atoms with Crippen LogP contribution in [0.1, 0.15) is 37.4 Å². The fourth-order valence-corrected chi connectivity index (χ4v) is 2.81. The highest BCUT2D eigenvalue weighted by Gasteiger charge is 2.11. The van der Waals surface area contributed by atoms with Gasteiger partial charge in [-0.2, -0.15) is 0 Å². The molecule has 1 N–H and O–H groups in total. The van der Waals surface area contributed by atoms with Crippen molar-refractivity contribution in [1.82, 2.24) is 5.32 Å². The number of nitrogens with one attached hydrogen (secondary N) is 1. The first-order valence-corrected chi connectivity index (χ1v) is 7.70. The van der Waals surface area contributed by atoms with E-state index in [2.05, 4.69) is 19.2 Å². The summed E-state index contributed by atoms with van der Waals surface area (Å²) in [6.45, 7) is 7.13. The molecular weight excluding hydrogens is 285 g/mol. The van der Waals surface area contributed by atoms with Gasteiger partial charge in [-0.25, -0.2) is 4.39 Å². The summed E-state index contributed by atoms with van der Waals surface area (Å²) < 4.78 is 13.2. The summed E-state index contributed by atoms with van der Waals surface area (Å²) in [4.78, 5) is 0. The van der Waals surface area contributed by atoms with Crippen LogP contribution >= 0.6 is 11.6 Å². The second-order valence-electron chi connectivity index (χ2n) is 5.37. The van der Waals surface area contributed by atoms with Crippen molar-refractivity contribution in [2.24, 2.45) is 0 Å². The number of rotatable bonds is 5. The number of halogens is 2. The molecule has 0 fully saturated rings. The van der Waals surface area contributed by atoms with E-state index in [0.29, 0.717) is 0 Å². The third-order valence-electron chi connectivity index (χ3n) is 3.67. The van der Waals surface area contributed by atoms with Gasteiger partial charge in [-0.1, -0.05) is 36.7 Å². The van der Waals surface area contributed by atoms with Crippen LogP contribution in [-0.4, -0.2) is 6.54 Å². The van der Waals surface area contributed by atoms with Crippen LogP contribution < -0.4 is 5.32 Å². The van der Waals surface area contributed by atoms with Crippen LogP contribution in [0.25, 0.3) is 11.1 Å². The van der Waals surface area contributed by atoms with Crippen LogP contribution in [0.5, 0.6) is 0 Å². The molecule has 0 heterocycles. The van der Waals surface area contributed by atoms with Crippen LogP contribution in [0.3, 0.4) is 0 Å². The monoisotopic (exact) mass is 305 g/mol. The van der Waals surface area contributed by atoms with Gasteiger partial charge in [0.05, 0.1) is 0 Å². The zero-order chi connectivity index (χ0) is 15.4. The lowest BCUT2D eigenvalue weighted by Gasteiger charge is -2.16. The van der Waals surface area contributed by atoms with Gasteiger partial charge in [0.1, 0.15) is 5.82 Å². The molecular formula is C18H21ClFN. The maximum atomic E-state index is 13.2. The second kappa shape index (κ2) is 7.06. The summed E-state index contributed by atoms with van der Waals surface area (Å²) >= 11 is 6.42. The SMILES string of the molecule is CCCNC(C)c1ccc(-c2ccc(F)cc2C)cc1Cl. The highest BCUT2D eigenvalue weighted by Crippen LogP contribution is 2.30. The van der Waals surface area contributed by atoms with E-state index in [1.165, 1.54) is 6.07 Å². The molecule has 1 atom stereocenters. The maximum absolute atomic E-state index is 13.2. The molecule has 1 unspecified atom stereocenters. The van der Waals surface area contributed by atoms with Crippen molar-refractivity contribution in [3.05, 3.63) is 58.4 Å². The molecule has 0 saturated carbocycles. The summed E-state index contributed by atoms with van der Waals surface area (Å²) in [6, 6.07) is 11.1. The number of hydrogen-bond acceptors (Lipinski definition) is 1. The maximum Gasteiger partial charge on any atom is 0.123 e. The largest absolute Gasteiger partial charge is 0.310 e. The van der Waals surface area contributed by atoms with E-state index in [-0.39, 0.29) is 11.9 Å². The molecule has 1 nitrogen and oxygen atoms in total. The summed E-state index contributed by atoms with van der Waals surface area (Å²) in [6.07, 6.45) is 1.09. The van der Waals surface area contributed by atoms with E-state index in [9.17, 15) is 4.39 Å². The van der Waals surface area contributed by atoms with Gasteiger partial charge < -0.3 is 5.32 Å². The standard InChI is InChI=1S/C18H21ClFN/c1-4-9-21-13(3)17-7-5-14(11-18(17)19)16-8-6-15(20)10-12(16)2/h5-8,10-11,13,21H,4,9H2,1-3H3. The lowest BCUT2D eigenvalue weighted by molar-refractivity contribution is 0.571. The summed E-state index contributed by atoms with van der Waals surface area (Å²) in [5.74, 6) is -0.212. The summed E-state index contributed by atoms with van der Waals surface area (Å²) in [5.41, 5.74) is 4.03. The van der Waals surface area contributed by atoms with Gasteiger partial charge in [0.2, 0.25) is 0 Å². The molecule has 2 aromatic carbocycles. The Morgan fingerprint density at radius 1 is 1.19 bits per heavy atom. The topological polar surface area (TPSA) is 12.0 Å². The summed E-state index contributed by atoms with van der Waals surface area (Å²) in [5, 5.41) is 4.18. The molecule has 0 aliphatic rings. The predicted octanol–water partition coefficient (Wildman–Crippen LogP) is 5.52. The Morgan fingerprint density at radius 3 is 2.57 bits per heavy atom. The first-order valence-electron chi connectivity index (χ1n) is 7.32. The first kappa shape index (κ1) is 16.0. The highest BCUT2D eigenvalue weighted by atomic mass is 35.5. The van der Waals surface area contributed by atoms with E-state index in [1.807, 2.05) is 25.1 Å². The van der Waals surface area contributed by atoms with E-state index < -0.39 is 0 Å². The molecule has 0 saturated heterocycles. The molecule has 2 aromatic rings. The molecule has 0 amide bonds. The van der Waals surface area contributed by atoms with Crippen molar-refractivity contribution in [2.75, 3.05) is 6.54 Å². The summed E-state index contributed by atoms with van der Waals surface area (Å²) in [7, 11) is 0. The minimum absolute atomic E-state index is 0.212. The minimum Gasteiger partial charge on any atom is -0.310 e. The van der Waals surface area contributed by atoms with Crippen LogP contribution in [0, 0.1) is 12.7 Å². The molecule has 2 rings (SSSR count). The van der Waals surface area contributed by atoms with Gasteiger partial charge in [-0.15, -0.1) is 0 Å². The fraction of sp³-hybridized carbons (Fsp3) is 0.333. The second-order valence-corrected chi connectivity index (χ2v) is 5.78. The molecule has 0 bridgehead atoms. The van der Waals surface area contributed by atoms with Crippen molar-refractivity contribution in [1.29, 1.82) is 0 Å². The van der Waals surface area contributed by atoms with Crippen molar-refractivity contribution >= 4 is 11.6 Å². The molecule has 3 heteroatoms. The van der Waals surface area contributed by atoms with E-state index in [4.69, 9.17) is 11.6 Å². The van der Waals surface area contributed by atoms with Gasteiger partial charge in [0.15, 0.2) is 0 Å². The van der Waals surface area contributed by atoms with Gasteiger partial charge in [0.25, 0.3) is 0 Å². The fourth-order valence-electron chi connectivity index (χ4n) is 2.47. The molecule has 0 spiro atoms. The van der Waals surface area contributed by atoms with Gasteiger partial charge >= 0.3 is 0 Å². The zero-order valence-corrected chi connectivity index (χ0v) is 13.5. The molecule has 0 radical (unpaired) electrons. The van der Waals surface area contributed by atoms with Crippen molar-refractivity contribution < 1.29 is 4.39 Å². The highest BCUT2D eigenvalue weighted by molar-refractivity contribution is 6.31. The Morgan fingerprint density at radius 2 is 1.95 bits per heavy atom. The Bertz CT molecular complexity index is 625. The molecule has 112 valence electrons. The van der Waals surface area contributed by atoms with E-state index in [0.717, 1.165) is 40.2 Å². The van der Waals surface area contributed by atoms with Crippen LogP contribution in [0.2, 0.25) is 5.02 Å². The number of aryl methyl sites for hydroxylation is 1. The molecule has 0 aromatic heterocycles. The molecule has 21 heavy (non-hydrogen) atoms. The van der Waals surface area contributed by atoms with E-state index >= 15 is 0 Å². The Labute approximate surface area is 131 Å². The first-order chi connectivity index (χ1) is 10.0. The van der Waals surface area contributed by atoms with Crippen molar-refractivity contribution in [3.63, 3.8) is 0 Å². The van der Waals surface area contributed by atoms with Crippen LogP contribution in [-0.2, 0) is 0 Å². The lowest BCUT2D eigenvalue weighted by Crippen LogP contribution is -2.19. The van der Waals surface area contributed by atoms with Crippen molar-refractivity contribution in [2.45, 2.75) is 33.2 Å². The normalized spacial score (nSPS) is 12.4. The van der Waals surface area contributed by atoms with Gasteiger partial charge in [-0.3, -0.25) is 0 Å². The number of hydrogen-bond donors (Lipinski definition) is 1.